The predicted octanol–water partition coefficient (Wildman–Crippen LogP) is 1.86. The van der Waals surface area contributed by atoms with Crippen LogP contribution in [-0.4, -0.2) is 57.2 Å². The monoisotopic (exact) mass is 371 g/mol. The Morgan fingerprint density at radius 2 is 2.04 bits per heavy atom. The van der Waals surface area contributed by atoms with Crippen molar-refractivity contribution in [2.45, 2.75) is 69.9 Å². The summed E-state index contributed by atoms with van der Waals surface area (Å²) in [5.41, 5.74) is 0.0744. The van der Waals surface area contributed by atoms with E-state index in [-0.39, 0.29) is 17.3 Å². The van der Waals surface area contributed by atoms with Crippen LogP contribution in [-0.2, 0) is 14.6 Å². The summed E-state index contributed by atoms with van der Waals surface area (Å²) in [4.78, 5) is 4.68. The van der Waals surface area contributed by atoms with Gasteiger partial charge in [-0.25, -0.2) is 8.42 Å². The third kappa shape index (κ3) is 5.33. The van der Waals surface area contributed by atoms with Crippen LogP contribution in [0.4, 0.5) is 0 Å². The van der Waals surface area contributed by atoms with Crippen LogP contribution in [0.25, 0.3) is 0 Å². The molecule has 0 aromatic carbocycles. The first-order chi connectivity index (χ1) is 12.0. The molecular weight excluding hydrogens is 338 g/mol. The number of hydrogen-bond acceptors (Lipinski definition) is 4. The van der Waals surface area contributed by atoms with Crippen molar-refractivity contribution in [2.24, 2.45) is 10.9 Å². The van der Waals surface area contributed by atoms with E-state index in [9.17, 15) is 8.42 Å². The number of nitrogens with one attached hydrogen (secondary N) is 2. The van der Waals surface area contributed by atoms with Gasteiger partial charge in [-0.05, 0) is 44.9 Å². The van der Waals surface area contributed by atoms with E-state index in [1.807, 2.05) is 0 Å². The maximum Gasteiger partial charge on any atom is 0.191 e. The Hall–Kier alpha value is -0.820. The fraction of sp³-hybridized carbons (Fsp3) is 0.944. The summed E-state index contributed by atoms with van der Waals surface area (Å²) in [6, 6.07) is 0.386. The van der Waals surface area contributed by atoms with E-state index in [2.05, 4.69) is 22.5 Å². The van der Waals surface area contributed by atoms with Crippen LogP contribution in [0.2, 0.25) is 0 Å². The van der Waals surface area contributed by atoms with Gasteiger partial charge >= 0.3 is 0 Å². The third-order valence-electron chi connectivity index (χ3n) is 5.78. The van der Waals surface area contributed by atoms with Gasteiger partial charge in [0.05, 0.1) is 17.1 Å². The zero-order valence-electron chi connectivity index (χ0n) is 15.4. The average Bonchev–Trinajstić information content (AvgIpc) is 2.93. The van der Waals surface area contributed by atoms with Gasteiger partial charge in [0, 0.05) is 25.7 Å². The Morgan fingerprint density at radius 3 is 2.72 bits per heavy atom. The summed E-state index contributed by atoms with van der Waals surface area (Å²) in [6.07, 6.45) is 9.04. The molecule has 25 heavy (non-hydrogen) atoms. The van der Waals surface area contributed by atoms with E-state index in [4.69, 9.17) is 4.74 Å². The summed E-state index contributed by atoms with van der Waals surface area (Å²) >= 11 is 0. The molecule has 2 atom stereocenters. The number of sulfone groups is 1. The number of ether oxygens (including phenoxy) is 1. The summed E-state index contributed by atoms with van der Waals surface area (Å²) in [7, 11) is -2.83. The van der Waals surface area contributed by atoms with Gasteiger partial charge in [0.15, 0.2) is 15.8 Å². The predicted molar refractivity (Wildman–Crippen MR) is 101 cm³/mol. The van der Waals surface area contributed by atoms with Crippen molar-refractivity contribution in [1.29, 1.82) is 0 Å². The quantitative estimate of drug-likeness (QED) is 0.582. The van der Waals surface area contributed by atoms with E-state index in [0.717, 1.165) is 38.4 Å². The van der Waals surface area contributed by atoms with Crippen LogP contribution in [0.1, 0.15) is 58.3 Å². The number of nitrogens with zero attached hydrogens (tertiary/aromatic N) is 1. The zero-order chi connectivity index (χ0) is 17.8. The van der Waals surface area contributed by atoms with Gasteiger partial charge in [-0.1, -0.05) is 19.3 Å². The van der Waals surface area contributed by atoms with E-state index >= 15 is 0 Å². The summed E-state index contributed by atoms with van der Waals surface area (Å²) in [5.74, 6) is 1.60. The molecule has 0 amide bonds. The molecule has 1 saturated carbocycles. The molecule has 2 N–H and O–H groups in total. The maximum absolute atomic E-state index is 11.6. The molecule has 1 aliphatic carbocycles. The average molecular weight is 372 g/mol. The van der Waals surface area contributed by atoms with Crippen LogP contribution >= 0.6 is 0 Å². The minimum atomic E-state index is -2.83. The molecule has 6 nitrogen and oxygen atoms in total. The molecule has 2 unspecified atom stereocenters. The Bertz CT molecular complexity index is 565. The summed E-state index contributed by atoms with van der Waals surface area (Å²) in [6.45, 7) is 4.27. The molecule has 0 aromatic heterocycles. The molecule has 2 heterocycles. The smallest absolute Gasteiger partial charge is 0.191 e. The highest BCUT2D eigenvalue weighted by Gasteiger charge is 2.38. The second-order valence-corrected chi connectivity index (χ2v) is 10.1. The largest absolute Gasteiger partial charge is 0.375 e. The second kappa shape index (κ2) is 8.25. The number of guanidine groups is 1. The van der Waals surface area contributed by atoms with Crippen molar-refractivity contribution >= 4 is 15.8 Å². The Balaban J connectivity index is 1.56. The van der Waals surface area contributed by atoms with Crippen molar-refractivity contribution in [3.63, 3.8) is 0 Å². The van der Waals surface area contributed by atoms with E-state index in [1.54, 1.807) is 0 Å². The molecule has 3 aliphatic rings. The molecule has 7 heteroatoms. The number of aliphatic imine (C=N–C) groups is 1. The number of hydrogen-bond donors (Lipinski definition) is 2. The van der Waals surface area contributed by atoms with Gasteiger partial charge in [0.1, 0.15) is 0 Å². The summed E-state index contributed by atoms with van der Waals surface area (Å²) < 4.78 is 29.4. The van der Waals surface area contributed by atoms with E-state index in [1.165, 1.54) is 32.1 Å². The standard InChI is InChI=1S/C18H33N3O3S/c1-2-19-17(20-13-15-7-11-25(22,23)14-15)21-16-6-10-24-18(12-16)8-4-3-5-9-18/h15-16H,2-14H2,1H3,(H2,19,20,21). The van der Waals surface area contributed by atoms with Crippen LogP contribution < -0.4 is 10.6 Å². The van der Waals surface area contributed by atoms with Gasteiger partial charge in [-0.15, -0.1) is 0 Å². The second-order valence-electron chi connectivity index (χ2n) is 7.91. The molecule has 2 aliphatic heterocycles. The van der Waals surface area contributed by atoms with Crippen molar-refractivity contribution in [1.82, 2.24) is 10.6 Å². The van der Waals surface area contributed by atoms with Crippen LogP contribution in [0, 0.1) is 5.92 Å². The first kappa shape index (κ1) is 19.0. The van der Waals surface area contributed by atoms with Gasteiger partial charge in [-0.3, -0.25) is 4.99 Å². The lowest BCUT2D eigenvalue weighted by Gasteiger charge is -2.44. The Labute approximate surface area is 152 Å². The van der Waals surface area contributed by atoms with Gasteiger partial charge < -0.3 is 15.4 Å². The molecule has 1 spiro atoms. The highest BCUT2D eigenvalue weighted by molar-refractivity contribution is 7.91. The van der Waals surface area contributed by atoms with Crippen molar-refractivity contribution in [3.05, 3.63) is 0 Å². The van der Waals surface area contributed by atoms with Crippen LogP contribution in [0.3, 0.4) is 0 Å². The lowest BCUT2D eigenvalue weighted by Crippen LogP contribution is -2.52. The first-order valence-electron chi connectivity index (χ1n) is 9.89. The SMILES string of the molecule is CCNC(=NCC1CCS(=O)(=O)C1)NC1CCOC2(CCCCC2)C1. The Morgan fingerprint density at radius 1 is 1.24 bits per heavy atom. The fourth-order valence-corrected chi connectivity index (χ4v) is 6.29. The first-order valence-corrected chi connectivity index (χ1v) is 11.7. The van der Waals surface area contributed by atoms with Crippen molar-refractivity contribution < 1.29 is 13.2 Å². The van der Waals surface area contributed by atoms with Gasteiger partial charge in [0.25, 0.3) is 0 Å². The summed E-state index contributed by atoms with van der Waals surface area (Å²) in [5, 5.41) is 6.90. The highest BCUT2D eigenvalue weighted by Crippen LogP contribution is 2.38. The minimum Gasteiger partial charge on any atom is -0.375 e. The highest BCUT2D eigenvalue weighted by atomic mass is 32.2. The topological polar surface area (TPSA) is 79.8 Å². The van der Waals surface area contributed by atoms with E-state index < -0.39 is 9.84 Å². The molecule has 0 bridgehead atoms. The van der Waals surface area contributed by atoms with E-state index in [0.29, 0.717) is 18.3 Å². The van der Waals surface area contributed by atoms with Crippen LogP contribution in [0.5, 0.6) is 0 Å². The van der Waals surface area contributed by atoms with Crippen LogP contribution in [0.15, 0.2) is 4.99 Å². The fourth-order valence-electron chi connectivity index (χ4n) is 4.45. The Kier molecular flexibility index (Phi) is 6.25. The molecule has 0 aromatic rings. The maximum atomic E-state index is 11.6. The lowest BCUT2D eigenvalue weighted by atomic mass is 9.78. The minimum absolute atomic E-state index is 0.0744. The number of rotatable bonds is 4. The molecule has 3 rings (SSSR count). The zero-order valence-corrected chi connectivity index (χ0v) is 16.2. The third-order valence-corrected chi connectivity index (χ3v) is 7.61. The molecule has 2 saturated heterocycles. The van der Waals surface area contributed by atoms with Crippen molar-refractivity contribution in [2.75, 3.05) is 31.2 Å². The molecule has 144 valence electrons. The molecular formula is C18H33N3O3S. The van der Waals surface area contributed by atoms with Crippen molar-refractivity contribution in [3.8, 4) is 0 Å². The molecule has 0 radical (unpaired) electrons. The lowest BCUT2D eigenvalue weighted by molar-refractivity contribution is -0.107. The molecule has 3 fully saturated rings. The van der Waals surface area contributed by atoms with Gasteiger partial charge in [0.2, 0.25) is 0 Å². The van der Waals surface area contributed by atoms with Gasteiger partial charge in [-0.2, -0.15) is 0 Å². The normalized spacial score (nSPS) is 31.8.